The van der Waals surface area contributed by atoms with Crippen molar-refractivity contribution in [2.45, 2.75) is 40.7 Å². The van der Waals surface area contributed by atoms with Crippen molar-refractivity contribution in [2.75, 3.05) is 5.32 Å². The summed E-state index contributed by atoms with van der Waals surface area (Å²) in [6.45, 7) is 9.44. The smallest absolute Gasteiger partial charge is 0.267 e. The molecule has 0 radical (unpaired) electrons. The van der Waals surface area contributed by atoms with Gasteiger partial charge in [0.2, 0.25) is 5.91 Å². The second kappa shape index (κ2) is 7.19. The summed E-state index contributed by atoms with van der Waals surface area (Å²) < 4.78 is 2.83. The molecule has 0 aliphatic rings. The molecule has 1 atom stereocenters. The van der Waals surface area contributed by atoms with E-state index < -0.39 is 6.04 Å². The molecule has 2 heterocycles. The Kier molecular flexibility index (Phi) is 4.94. The van der Waals surface area contributed by atoms with Crippen molar-refractivity contribution in [3.8, 4) is 5.82 Å². The van der Waals surface area contributed by atoms with E-state index in [1.807, 2.05) is 52.0 Å². The van der Waals surface area contributed by atoms with E-state index in [0.717, 1.165) is 22.5 Å². The lowest BCUT2D eigenvalue weighted by molar-refractivity contribution is -0.119. The van der Waals surface area contributed by atoms with Crippen LogP contribution in [0.2, 0.25) is 0 Å². The maximum Gasteiger partial charge on any atom is 0.267 e. The lowest BCUT2D eigenvalue weighted by Gasteiger charge is -2.15. The Balaban J connectivity index is 1.89. The molecule has 1 amide bonds. The average Bonchev–Trinajstić information content (AvgIpc) is 2.96. The molecule has 27 heavy (non-hydrogen) atoms. The largest absolute Gasteiger partial charge is 0.324 e. The van der Waals surface area contributed by atoms with Crippen LogP contribution in [0.5, 0.6) is 0 Å². The van der Waals surface area contributed by atoms with Gasteiger partial charge in [0.15, 0.2) is 5.82 Å². The van der Waals surface area contributed by atoms with E-state index in [4.69, 9.17) is 0 Å². The summed E-state index contributed by atoms with van der Waals surface area (Å²) in [6.07, 6.45) is 0. The summed E-state index contributed by atoms with van der Waals surface area (Å²) >= 11 is 0. The van der Waals surface area contributed by atoms with Crippen LogP contribution in [0.4, 0.5) is 5.69 Å². The number of aryl methyl sites for hydroxylation is 4. The van der Waals surface area contributed by atoms with Crippen LogP contribution in [-0.4, -0.2) is 25.5 Å². The van der Waals surface area contributed by atoms with Crippen molar-refractivity contribution in [2.24, 2.45) is 0 Å². The van der Waals surface area contributed by atoms with E-state index in [0.29, 0.717) is 11.5 Å². The van der Waals surface area contributed by atoms with Crippen LogP contribution in [0.1, 0.15) is 35.5 Å². The second-order valence-corrected chi connectivity index (χ2v) is 6.78. The topological polar surface area (TPSA) is 81.8 Å². The molecule has 0 saturated carbocycles. The number of anilines is 1. The van der Waals surface area contributed by atoms with E-state index in [1.54, 1.807) is 17.7 Å². The Bertz CT molecular complexity index is 1060. The summed E-state index contributed by atoms with van der Waals surface area (Å²) in [7, 11) is 0. The minimum Gasteiger partial charge on any atom is -0.324 e. The predicted molar refractivity (Wildman–Crippen MR) is 104 cm³/mol. The molecule has 1 unspecified atom stereocenters. The third kappa shape index (κ3) is 3.81. The van der Waals surface area contributed by atoms with Gasteiger partial charge >= 0.3 is 0 Å². The summed E-state index contributed by atoms with van der Waals surface area (Å²) in [5.41, 5.74) is 4.34. The maximum absolute atomic E-state index is 12.6. The van der Waals surface area contributed by atoms with E-state index in [-0.39, 0.29) is 11.5 Å². The monoisotopic (exact) mass is 365 g/mol. The number of hydrogen-bond acceptors (Lipinski definition) is 4. The number of nitrogens with one attached hydrogen (secondary N) is 1. The van der Waals surface area contributed by atoms with Gasteiger partial charge in [-0.1, -0.05) is 6.07 Å². The van der Waals surface area contributed by atoms with Crippen molar-refractivity contribution in [1.82, 2.24) is 19.6 Å². The standard InChI is InChI=1S/C20H23N5O2/c1-12-6-7-17(10-13(12)2)21-20(27)16(5)25-19(26)9-8-18(23-25)24-15(4)11-14(3)22-24/h6-11,16H,1-5H3,(H,21,27). The highest BCUT2D eigenvalue weighted by atomic mass is 16.2. The quantitative estimate of drug-likeness (QED) is 0.771. The van der Waals surface area contributed by atoms with Gasteiger partial charge in [0.05, 0.1) is 5.69 Å². The molecule has 0 aliphatic carbocycles. The number of amides is 1. The minimum absolute atomic E-state index is 0.307. The number of benzene rings is 1. The fraction of sp³-hybridized carbons (Fsp3) is 0.300. The zero-order chi connectivity index (χ0) is 19.7. The van der Waals surface area contributed by atoms with E-state index in [2.05, 4.69) is 15.5 Å². The summed E-state index contributed by atoms with van der Waals surface area (Å²) in [4.78, 5) is 24.9. The van der Waals surface area contributed by atoms with Crippen molar-refractivity contribution in [3.05, 3.63) is 69.3 Å². The van der Waals surface area contributed by atoms with E-state index >= 15 is 0 Å². The van der Waals surface area contributed by atoms with Gasteiger partial charge in [-0.3, -0.25) is 9.59 Å². The van der Waals surface area contributed by atoms with Crippen LogP contribution in [0.15, 0.2) is 41.2 Å². The number of hydrogen-bond donors (Lipinski definition) is 1. The molecule has 1 N–H and O–H groups in total. The minimum atomic E-state index is -0.768. The molecule has 0 fully saturated rings. The molecule has 3 aromatic rings. The van der Waals surface area contributed by atoms with Crippen molar-refractivity contribution in [1.29, 1.82) is 0 Å². The molecule has 140 valence electrons. The fourth-order valence-electron chi connectivity index (χ4n) is 2.84. The molecule has 0 aliphatic heterocycles. The molecular formula is C20H23N5O2. The Morgan fingerprint density at radius 3 is 2.37 bits per heavy atom. The first-order valence-corrected chi connectivity index (χ1v) is 8.78. The normalized spacial score (nSPS) is 12.0. The summed E-state index contributed by atoms with van der Waals surface area (Å²) in [5.74, 6) is 0.185. The van der Waals surface area contributed by atoms with Gasteiger partial charge in [0.25, 0.3) is 5.56 Å². The van der Waals surface area contributed by atoms with Crippen LogP contribution in [0, 0.1) is 27.7 Å². The second-order valence-electron chi connectivity index (χ2n) is 6.78. The van der Waals surface area contributed by atoms with Gasteiger partial charge in [-0.25, -0.2) is 9.36 Å². The molecule has 2 aromatic heterocycles. The maximum atomic E-state index is 12.6. The lowest BCUT2D eigenvalue weighted by atomic mass is 10.1. The number of carbonyl (C=O) groups excluding carboxylic acids is 1. The first kappa shape index (κ1) is 18.6. The first-order valence-electron chi connectivity index (χ1n) is 8.78. The lowest BCUT2D eigenvalue weighted by Crippen LogP contribution is -2.33. The van der Waals surface area contributed by atoms with Crippen molar-refractivity contribution in [3.63, 3.8) is 0 Å². The van der Waals surface area contributed by atoms with Crippen LogP contribution >= 0.6 is 0 Å². The number of rotatable bonds is 4. The van der Waals surface area contributed by atoms with Crippen LogP contribution in [0.25, 0.3) is 5.82 Å². The Morgan fingerprint density at radius 2 is 1.74 bits per heavy atom. The zero-order valence-electron chi connectivity index (χ0n) is 16.1. The van der Waals surface area contributed by atoms with Gasteiger partial charge < -0.3 is 5.32 Å². The van der Waals surface area contributed by atoms with Gasteiger partial charge in [-0.15, -0.1) is 5.10 Å². The van der Waals surface area contributed by atoms with Gasteiger partial charge in [0.1, 0.15) is 6.04 Å². The van der Waals surface area contributed by atoms with Crippen LogP contribution < -0.4 is 10.9 Å². The van der Waals surface area contributed by atoms with Gasteiger partial charge in [-0.2, -0.15) is 5.10 Å². The third-order valence-corrected chi connectivity index (χ3v) is 4.56. The molecule has 7 heteroatoms. The molecule has 7 nitrogen and oxygen atoms in total. The average molecular weight is 365 g/mol. The molecule has 3 rings (SSSR count). The molecular weight excluding hydrogens is 342 g/mol. The predicted octanol–water partition coefficient (Wildman–Crippen LogP) is 2.86. The van der Waals surface area contributed by atoms with Gasteiger partial charge in [0, 0.05) is 17.4 Å². The number of nitrogens with zero attached hydrogens (tertiary/aromatic N) is 4. The Hall–Kier alpha value is -3.22. The van der Waals surface area contributed by atoms with Crippen LogP contribution in [0.3, 0.4) is 0 Å². The SMILES string of the molecule is Cc1cc(C)n(-c2ccc(=O)n(C(C)C(=O)Nc3ccc(C)c(C)c3)n2)n1. The van der Waals surface area contributed by atoms with Crippen molar-refractivity contribution >= 4 is 11.6 Å². The van der Waals surface area contributed by atoms with Crippen molar-refractivity contribution < 1.29 is 4.79 Å². The number of aromatic nitrogens is 4. The Labute approximate surface area is 157 Å². The highest BCUT2D eigenvalue weighted by molar-refractivity contribution is 5.93. The van der Waals surface area contributed by atoms with E-state index in [9.17, 15) is 9.59 Å². The third-order valence-electron chi connectivity index (χ3n) is 4.56. The zero-order valence-corrected chi connectivity index (χ0v) is 16.1. The molecule has 0 saturated heterocycles. The molecule has 1 aromatic carbocycles. The van der Waals surface area contributed by atoms with Crippen LogP contribution in [-0.2, 0) is 4.79 Å². The van der Waals surface area contributed by atoms with Gasteiger partial charge in [-0.05, 0) is 70.0 Å². The highest BCUT2D eigenvalue weighted by Gasteiger charge is 2.19. The number of carbonyl (C=O) groups is 1. The molecule has 0 spiro atoms. The van der Waals surface area contributed by atoms with E-state index in [1.165, 1.54) is 10.7 Å². The summed E-state index contributed by atoms with van der Waals surface area (Å²) in [6, 6.07) is 9.86. The molecule has 0 bridgehead atoms. The Morgan fingerprint density at radius 1 is 1.00 bits per heavy atom. The first-order chi connectivity index (χ1) is 12.8. The highest BCUT2D eigenvalue weighted by Crippen LogP contribution is 2.16. The fourth-order valence-corrected chi connectivity index (χ4v) is 2.84. The summed E-state index contributed by atoms with van der Waals surface area (Å²) in [5, 5.41) is 11.6.